The summed E-state index contributed by atoms with van der Waals surface area (Å²) in [4.78, 5) is 25.3. The Morgan fingerprint density at radius 1 is 1.40 bits per heavy atom. The van der Waals surface area contributed by atoms with E-state index in [1.54, 1.807) is 20.8 Å². The molecule has 0 aromatic heterocycles. The molecule has 1 rings (SSSR count). The molecule has 0 N–H and O–H groups in total. The summed E-state index contributed by atoms with van der Waals surface area (Å²) in [5, 5.41) is 0. The Hall–Kier alpha value is -1.43. The number of hydrogen-bond donors (Lipinski definition) is 0. The van der Waals surface area contributed by atoms with Crippen LogP contribution in [0.3, 0.4) is 0 Å². The third kappa shape index (κ3) is 4.03. The van der Waals surface area contributed by atoms with E-state index in [1.807, 2.05) is 0 Å². The highest BCUT2D eigenvalue weighted by Gasteiger charge is 2.24. The van der Waals surface area contributed by atoms with Gasteiger partial charge in [0.05, 0.1) is 16.6 Å². The number of carbonyl (C=O) groups excluding carboxylic acids is 2. The van der Waals surface area contributed by atoms with Crippen LogP contribution >= 0.6 is 15.9 Å². The van der Waals surface area contributed by atoms with Crippen molar-refractivity contribution in [2.24, 2.45) is 0 Å². The van der Waals surface area contributed by atoms with Crippen LogP contribution in [-0.2, 0) is 9.53 Å². The van der Waals surface area contributed by atoms with E-state index in [9.17, 15) is 14.0 Å². The van der Waals surface area contributed by atoms with Crippen molar-refractivity contribution in [1.29, 1.82) is 0 Å². The van der Waals surface area contributed by atoms with Crippen LogP contribution in [0.4, 0.5) is 4.39 Å². The number of rotatable bonds is 5. The summed E-state index contributed by atoms with van der Waals surface area (Å²) >= 11 is 3.06. The predicted octanol–water partition coefficient (Wildman–Crippen LogP) is 3.00. The number of nitrogens with zero attached hydrogens (tertiary/aromatic N) is 1. The molecular formula is C14H17BrFNO3. The quantitative estimate of drug-likeness (QED) is 0.770. The Labute approximate surface area is 126 Å². The van der Waals surface area contributed by atoms with Gasteiger partial charge < -0.3 is 9.64 Å². The first-order chi connectivity index (χ1) is 9.38. The molecule has 0 aliphatic carbocycles. The van der Waals surface area contributed by atoms with E-state index in [0.717, 1.165) is 0 Å². The molecule has 0 saturated heterocycles. The molecule has 0 atom stereocenters. The highest BCUT2D eigenvalue weighted by atomic mass is 79.9. The fourth-order valence-electron chi connectivity index (χ4n) is 1.66. The number of amides is 1. The van der Waals surface area contributed by atoms with Crippen molar-refractivity contribution in [2.45, 2.75) is 26.8 Å². The van der Waals surface area contributed by atoms with Crippen molar-refractivity contribution in [3.63, 3.8) is 0 Å². The summed E-state index contributed by atoms with van der Waals surface area (Å²) in [6.45, 7) is 5.35. The first-order valence-corrected chi connectivity index (χ1v) is 7.08. The third-order valence-electron chi connectivity index (χ3n) is 2.67. The van der Waals surface area contributed by atoms with Gasteiger partial charge in [-0.25, -0.2) is 4.39 Å². The molecule has 0 saturated carbocycles. The summed E-state index contributed by atoms with van der Waals surface area (Å²) in [6, 6.07) is 4.01. The Kier molecular flexibility index (Phi) is 6.13. The van der Waals surface area contributed by atoms with Gasteiger partial charge in [-0.3, -0.25) is 9.59 Å². The van der Waals surface area contributed by atoms with E-state index < -0.39 is 17.7 Å². The smallest absolute Gasteiger partial charge is 0.325 e. The molecule has 0 aliphatic rings. The first-order valence-electron chi connectivity index (χ1n) is 6.29. The molecule has 0 aliphatic heterocycles. The molecule has 0 radical (unpaired) electrons. The predicted molar refractivity (Wildman–Crippen MR) is 76.9 cm³/mol. The second-order valence-corrected chi connectivity index (χ2v) is 5.23. The molecule has 0 unspecified atom stereocenters. The van der Waals surface area contributed by atoms with Crippen molar-refractivity contribution < 1.29 is 18.7 Å². The molecule has 1 amide bonds. The van der Waals surface area contributed by atoms with Crippen molar-refractivity contribution >= 4 is 27.8 Å². The maximum Gasteiger partial charge on any atom is 0.325 e. The monoisotopic (exact) mass is 345 g/mol. The van der Waals surface area contributed by atoms with Gasteiger partial charge in [-0.15, -0.1) is 0 Å². The summed E-state index contributed by atoms with van der Waals surface area (Å²) in [5.74, 6) is -1.42. The maximum absolute atomic E-state index is 13.5. The van der Waals surface area contributed by atoms with Gasteiger partial charge in [0.15, 0.2) is 0 Å². The number of benzene rings is 1. The average Bonchev–Trinajstić information content (AvgIpc) is 2.38. The van der Waals surface area contributed by atoms with Crippen molar-refractivity contribution in [3.8, 4) is 0 Å². The second-order valence-electron chi connectivity index (χ2n) is 4.43. The summed E-state index contributed by atoms with van der Waals surface area (Å²) in [5.41, 5.74) is 0.183. The Morgan fingerprint density at radius 2 is 2.05 bits per heavy atom. The first kappa shape index (κ1) is 16.6. The van der Waals surface area contributed by atoms with E-state index in [4.69, 9.17) is 4.74 Å². The van der Waals surface area contributed by atoms with Gasteiger partial charge in [0.1, 0.15) is 12.4 Å². The Bertz CT molecular complexity index is 505. The molecule has 0 bridgehead atoms. The summed E-state index contributed by atoms with van der Waals surface area (Å²) in [7, 11) is 0. The lowest BCUT2D eigenvalue weighted by Gasteiger charge is -2.26. The maximum atomic E-state index is 13.5. The van der Waals surface area contributed by atoms with Crippen LogP contribution in [0, 0.1) is 5.82 Å². The van der Waals surface area contributed by atoms with Gasteiger partial charge in [-0.05, 0) is 48.8 Å². The highest BCUT2D eigenvalue weighted by molar-refractivity contribution is 9.10. The Morgan fingerprint density at radius 3 is 2.60 bits per heavy atom. The van der Waals surface area contributed by atoms with Crippen molar-refractivity contribution in [2.75, 3.05) is 13.2 Å². The highest BCUT2D eigenvalue weighted by Crippen LogP contribution is 2.22. The average molecular weight is 346 g/mol. The van der Waals surface area contributed by atoms with Crippen LogP contribution in [0.5, 0.6) is 0 Å². The molecular weight excluding hydrogens is 329 g/mol. The molecule has 4 nitrogen and oxygen atoms in total. The molecule has 110 valence electrons. The minimum Gasteiger partial charge on any atom is -0.465 e. The van der Waals surface area contributed by atoms with Crippen molar-refractivity contribution in [1.82, 2.24) is 4.90 Å². The van der Waals surface area contributed by atoms with Gasteiger partial charge in [0.25, 0.3) is 5.91 Å². The zero-order valence-electron chi connectivity index (χ0n) is 11.7. The number of ether oxygens (including phenoxy) is 1. The van der Waals surface area contributed by atoms with E-state index >= 15 is 0 Å². The zero-order valence-corrected chi connectivity index (χ0v) is 13.2. The van der Waals surface area contributed by atoms with Crippen LogP contribution in [0.15, 0.2) is 22.7 Å². The molecule has 0 spiro atoms. The fourth-order valence-corrected chi connectivity index (χ4v) is 2.09. The van der Waals surface area contributed by atoms with Gasteiger partial charge in [0, 0.05) is 6.04 Å². The second kappa shape index (κ2) is 7.38. The number of carbonyl (C=O) groups is 2. The lowest BCUT2D eigenvalue weighted by molar-refractivity contribution is -0.144. The van der Waals surface area contributed by atoms with E-state index in [2.05, 4.69) is 15.9 Å². The molecule has 0 fully saturated rings. The Balaban J connectivity index is 3.00. The van der Waals surface area contributed by atoms with Crippen molar-refractivity contribution in [3.05, 3.63) is 34.1 Å². The summed E-state index contributed by atoms with van der Waals surface area (Å²) < 4.78 is 18.4. The minimum absolute atomic E-state index is 0.0968. The van der Waals surface area contributed by atoms with E-state index in [-0.39, 0.29) is 29.2 Å². The molecule has 0 heterocycles. The van der Waals surface area contributed by atoms with Crippen LogP contribution < -0.4 is 0 Å². The topological polar surface area (TPSA) is 46.6 Å². The third-order valence-corrected chi connectivity index (χ3v) is 3.48. The van der Waals surface area contributed by atoms with Crippen LogP contribution in [0.1, 0.15) is 31.1 Å². The van der Waals surface area contributed by atoms with Crippen LogP contribution in [-0.4, -0.2) is 36.0 Å². The lowest BCUT2D eigenvalue weighted by Crippen LogP contribution is -2.41. The van der Waals surface area contributed by atoms with E-state index in [0.29, 0.717) is 0 Å². The number of halogens is 2. The largest absolute Gasteiger partial charge is 0.465 e. The van der Waals surface area contributed by atoms with Crippen LogP contribution in [0.2, 0.25) is 0 Å². The molecule has 1 aromatic carbocycles. The minimum atomic E-state index is -0.518. The number of hydrogen-bond acceptors (Lipinski definition) is 3. The number of esters is 1. The molecule has 20 heavy (non-hydrogen) atoms. The van der Waals surface area contributed by atoms with Gasteiger partial charge >= 0.3 is 5.97 Å². The van der Waals surface area contributed by atoms with E-state index in [1.165, 1.54) is 23.1 Å². The fraction of sp³-hybridized carbons (Fsp3) is 0.429. The van der Waals surface area contributed by atoms with Gasteiger partial charge in [-0.1, -0.05) is 6.07 Å². The summed E-state index contributed by atoms with van der Waals surface area (Å²) in [6.07, 6.45) is 0. The SMILES string of the molecule is CCOC(=O)CN(C(=O)c1cccc(F)c1Br)C(C)C. The molecule has 1 aromatic rings. The lowest BCUT2D eigenvalue weighted by atomic mass is 10.1. The van der Waals surface area contributed by atoms with Gasteiger partial charge in [-0.2, -0.15) is 0 Å². The zero-order chi connectivity index (χ0) is 15.3. The van der Waals surface area contributed by atoms with Crippen LogP contribution in [0.25, 0.3) is 0 Å². The molecule has 6 heteroatoms. The standard InChI is InChI=1S/C14H17BrFNO3/c1-4-20-12(18)8-17(9(2)3)14(19)10-6-5-7-11(16)13(10)15/h5-7,9H,4,8H2,1-3H3. The normalized spacial score (nSPS) is 10.5. The van der Waals surface area contributed by atoms with Gasteiger partial charge in [0.2, 0.25) is 0 Å².